The topological polar surface area (TPSA) is 80.5 Å². The van der Waals surface area contributed by atoms with E-state index in [4.69, 9.17) is 9.26 Å². The second-order valence-electron chi connectivity index (χ2n) is 5.90. The van der Waals surface area contributed by atoms with Crippen molar-refractivity contribution in [2.24, 2.45) is 0 Å². The quantitative estimate of drug-likeness (QED) is 0.783. The van der Waals surface area contributed by atoms with Gasteiger partial charge in [0.25, 0.3) is 5.89 Å². The molecule has 2 aromatic carbocycles. The molecule has 2 amide bonds. The maximum atomic E-state index is 12.7. The minimum Gasteiger partial charge on any atom is -0.377 e. The Bertz CT molecular complexity index is 867. The highest BCUT2D eigenvalue weighted by Gasteiger charge is 2.32. The smallest absolute Gasteiger partial charge is 0.322 e. The Morgan fingerprint density at radius 3 is 2.58 bits per heavy atom. The van der Waals surface area contributed by atoms with E-state index in [1.807, 2.05) is 60.7 Å². The van der Waals surface area contributed by atoms with Gasteiger partial charge in [0.1, 0.15) is 6.04 Å². The molecule has 0 aliphatic carbocycles. The number of nitrogens with zero attached hydrogens (tertiary/aromatic N) is 3. The number of ether oxygens (including phenoxy) is 1. The van der Waals surface area contributed by atoms with E-state index in [2.05, 4.69) is 15.5 Å². The molecule has 0 saturated carbocycles. The number of morpholine rings is 1. The van der Waals surface area contributed by atoms with Gasteiger partial charge in [-0.2, -0.15) is 4.98 Å². The molecule has 1 aromatic heterocycles. The number of aromatic nitrogens is 2. The SMILES string of the molecule is O=C(Nc1ccccc1)N1CCOC[C@@H]1c1noc(-c2ccccc2)n1. The third-order valence-electron chi connectivity index (χ3n) is 4.17. The molecule has 1 aliphatic rings. The summed E-state index contributed by atoms with van der Waals surface area (Å²) in [4.78, 5) is 18.8. The van der Waals surface area contributed by atoms with Crippen molar-refractivity contribution < 1.29 is 14.1 Å². The van der Waals surface area contributed by atoms with Crippen LogP contribution in [0.15, 0.2) is 65.2 Å². The normalized spacial score (nSPS) is 17.1. The molecule has 1 atom stereocenters. The fourth-order valence-corrected chi connectivity index (χ4v) is 2.85. The number of hydrogen-bond acceptors (Lipinski definition) is 5. The van der Waals surface area contributed by atoms with E-state index in [-0.39, 0.29) is 6.03 Å². The van der Waals surface area contributed by atoms with Gasteiger partial charge in [0.15, 0.2) is 5.82 Å². The number of para-hydroxylation sites is 1. The maximum absolute atomic E-state index is 12.7. The lowest BCUT2D eigenvalue weighted by atomic mass is 10.2. The number of urea groups is 1. The first-order valence-corrected chi connectivity index (χ1v) is 8.41. The highest BCUT2D eigenvalue weighted by atomic mass is 16.5. The monoisotopic (exact) mass is 350 g/mol. The molecule has 1 saturated heterocycles. The Kier molecular flexibility index (Phi) is 4.61. The van der Waals surface area contributed by atoms with E-state index in [0.29, 0.717) is 31.5 Å². The number of carbonyl (C=O) groups is 1. The van der Waals surface area contributed by atoms with Crippen LogP contribution in [0.2, 0.25) is 0 Å². The Hall–Kier alpha value is -3.19. The minimum absolute atomic E-state index is 0.212. The number of hydrogen-bond donors (Lipinski definition) is 1. The lowest BCUT2D eigenvalue weighted by Gasteiger charge is -2.33. The van der Waals surface area contributed by atoms with Crippen molar-refractivity contribution in [1.82, 2.24) is 15.0 Å². The molecular formula is C19H18N4O3. The van der Waals surface area contributed by atoms with Gasteiger partial charge in [-0.25, -0.2) is 4.79 Å². The maximum Gasteiger partial charge on any atom is 0.322 e. The largest absolute Gasteiger partial charge is 0.377 e. The summed E-state index contributed by atoms with van der Waals surface area (Å²) in [5.74, 6) is 0.862. The van der Waals surface area contributed by atoms with Gasteiger partial charge in [0.2, 0.25) is 0 Å². The number of carbonyl (C=O) groups excluding carboxylic acids is 1. The molecule has 3 aromatic rings. The average Bonchev–Trinajstić information content (AvgIpc) is 3.19. The molecule has 7 heteroatoms. The molecular weight excluding hydrogens is 332 g/mol. The van der Waals surface area contributed by atoms with Gasteiger partial charge in [0.05, 0.1) is 13.2 Å². The lowest BCUT2D eigenvalue weighted by Crippen LogP contribution is -2.45. The van der Waals surface area contributed by atoms with E-state index in [9.17, 15) is 4.79 Å². The zero-order valence-corrected chi connectivity index (χ0v) is 14.0. The molecule has 0 radical (unpaired) electrons. The van der Waals surface area contributed by atoms with Crippen LogP contribution in [0.3, 0.4) is 0 Å². The molecule has 1 aliphatic heterocycles. The van der Waals surface area contributed by atoms with Crippen LogP contribution in [0.25, 0.3) is 11.5 Å². The first-order valence-electron chi connectivity index (χ1n) is 8.41. The van der Waals surface area contributed by atoms with E-state index in [1.54, 1.807) is 4.90 Å². The molecule has 1 N–H and O–H groups in total. The number of anilines is 1. The van der Waals surface area contributed by atoms with Crippen molar-refractivity contribution in [2.45, 2.75) is 6.04 Å². The first kappa shape index (κ1) is 16.3. The number of benzene rings is 2. The van der Waals surface area contributed by atoms with Crippen molar-refractivity contribution in [3.63, 3.8) is 0 Å². The zero-order valence-electron chi connectivity index (χ0n) is 14.0. The fraction of sp³-hybridized carbons (Fsp3) is 0.211. The van der Waals surface area contributed by atoms with Crippen LogP contribution < -0.4 is 5.32 Å². The summed E-state index contributed by atoms with van der Waals surface area (Å²) in [6.45, 7) is 1.26. The van der Waals surface area contributed by atoms with Crippen LogP contribution >= 0.6 is 0 Å². The standard InChI is InChI=1S/C19H18N4O3/c24-19(20-15-9-5-2-6-10-15)23-11-12-25-13-16(23)17-21-18(26-22-17)14-7-3-1-4-8-14/h1-10,16H,11-13H2,(H,20,24)/t16-/m1/s1. The molecule has 26 heavy (non-hydrogen) atoms. The highest BCUT2D eigenvalue weighted by Crippen LogP contribution is 2.25. The van der Waals surface area contributed by atoms with Crippen LogP contribution in [0.5, 0.6) is 0 Å². The van der Waals surface area contributed by atoms with Gasteiger partial charge >= 0.3 is 6.03 Å². The van der Waals surface area contributed by atoms with E-state index in [1.165, 1.54) is 0 Å². The average molecular weight is 350 g/mol. The van der Waals surface area contributed by atoms with E-state index >= 15 is 0 Å². The number of amides is 2. The zero-order chi connectivity index (χ0) is 17.8. The second kappa shape index (κ2) is 7.37. The Morgan fingerprint density at radius 1 is 1.08 bits per heavy atom. The fourth-order valence-electron chi connectivity index (χ4n) is 2.85. The predicted octanol–water partition coefficient (Wildman–Crippen LogP) is 3.34. The number of nitrogens with one attached hydrogen (secondary N) is 1. The third kappa shape index (κ3) is 3.43. The molecule has 1 fully saturated rings. The van der Waals surface area contributed by atoms with Gasteiger partial charge in [0, 0.05) is 17.8 Å². The van der Waals surface area contributed by atoms with Crippen LogP contribution in [0, 0.1) is 0 Å². The predicted molar refractivity (Wildman–Crippen MR) is 95.5 cm³/mol. The minimum atomic E-state index is -0.395. The van der Waals surface area contributed by atoms with Crippen molar-refractivity contribution in [3.05, 3.63) is 66.5 Å². The molecule has 0 spiro atoms. The van der Waals surface area contributed by atoms with Crippen molar-refractivity contribution >= 4 is 11.7 Å². The van der Waals surface area contributed by atoms with Gasteiger partial charge in [-0.3, -0.25) is 0 Å². The summed E-state index contributed by atoms with van der Waals surface area (Å²) in [5.41, 5.74) is 1.57. The van der Waals surface area contributed by atoms with Crippen molar-refractivity contribution in [1.29, 1.82) is 0 Å². The van der Waals surface area contributed by atoms with E-state index < -0.39 is 6.04 Å². The molecule has 4 rings (SSSR count). The van der Waals surface area contributed by atoms with Crippen LogP contribution in [-0.2, 0) is 4.74 Å². The molecule has 132 valence electrons. The molecule has 0 unspecified atom stereocenters. The van der Waals surface area contributed by atoms with Crippen LogP contribution in [-0.4, -0.2) is 40.8 Å². The third-order valence-corrected chi connectivity index (χ3v) is 4.17. The lowest BCUT2D eigenvalue weighted by molar-refractivity contribution is 0.0110. The van der Waals surface area contributed by atoms with Gasteiger partial charge in [-0.1, -0.05) is 41.6 Å². The molecule has 0 bridgehead atoms. The molecule has 7 nitrogen and oxygen atoms in total. The van der Waals surface area contributed by atoms with Gasteiger partial charge in [-0.15, -0.1) is 0 Å². The van der Waals surface area contributed by atoms with Crippen LogP contribution in [0.4, 0.5) is 10.5 Å². The number of rotatable bonds is 3. The Labute approximate surface area is 150 Å². The highest BCUT2D eigenvalue weighted by molar-refractivity contribution is 5.89. The summed E-state index contributed by atoms with van der Waals surface area (Å²) in [5, 5.41) is 6.96. The van der Waals surface area contributed by atoms with Crippen molar-refractivity contribution in [2.75, 3.05) is 25.1 Å². The second-order valence-corrected chi connectivity index (χ2v) is 5.90. The van der Waals surface area contributed by atoms with Gasteiger partial charge in [-0.05, 0) is 24.3 Å². The van der Waals surface area contributed by atoms with Crippen LogP contribution in [0.1, 0.15) is 11.9 Å². The summed E-state index contributed by atoms with van der Waals surface area (Å²) in [6, 6.07) is 18.3. The van der Waals surface area contributed by atoms with Gasteiger partial charge < -0.3 is 19.5 Å². The van der Waals surface area contributed by atoms with Crippen molar-refractivity contribution in [3.8, 4) is 11.5 Å². The summed E-state index contributed by atoms with van der Waals surface area (Å²) in [7, 11) is 0. The Balaban J connectivity index is 1.54. The summed E-state index contributed by atoms with van der Waals surface area (Å²) in [6.07, 6.45) is 0. The van der Waals surface area contributed by atoms with E-state index in [0.717, 1.165) is 11.3 Å². The summed E-state index contributed by atoms with van der Waals surface area (Å²) >= 11 is 0. The summed E-state index contributed by atoms with van der Waals surface area (Å²) < 4.78 is 10.9. The molecule has 2 heterocycles. The Morgan fingerprint density at radius 2 is 1.81 bits per heavy atom. The first-order chi connectivity index (χ1) is 12.8.